The maximum atomic E-state index is 12.8. The summed E-state index contributed by atoms with van der Waals surface area (Å²) in [6.45, 7) is 4.70. The van der Waals surface area contributed by atoms with Crippen LogP contribution in [0.5, 0.6) is 0 Å². The van der Waals surface area contributed by atoms with E-state index in [1.807, 2.05) is 27.2 Å². The van der Waals surface area contributed by atoms with E-state index in [0.717, 1.165) is 70.6 Å². The van der Waals surface area contributed by atoms with E-state index in [4.69, 9.17) is 9.05 Å². The summed E-state index contributed by atoms with van der Waals surface area (Å²) in [5.74, 6) is -0.209. The van der Waals surface area contributed by atoms with Crippen molar-refractivity contribution in [2.24, 2.45) is 0 Å². The van der Waals surface area contributed by atoms with Gasteiger partial charge in [0.05, 0.1) is 39.9 Å². The third kappa shape index (κ3) is 36.6. The van der Waals surface area contributed by atoms with Gasteiger partial charge < -0.3 is 19.8 Å². The summed E-state index contributed by atoms with van der Waals surface area (Å²) < 4.78 is 23.5. The molecule has 3 atom stereocenters. The van der Waals surface area contributed by atoms with Crippen LogP contribution in [0.1, 0.15) is 155 Å². The molecule has 9 heteroatoms. The van der Waals surface area contributed by atoms with Crippen molar-refractivity contribution in [3.05, 3.63) is 60.8 Å². The average Bonchev–Trinajstić information content (AvgIpc) is 3.09. The average molecular weight is 752 g/mol. The van der Waals surface area contributed by atoms with E-state index in [0.29, 0.717) is 17.4 Å². The molecule has 0 heterocycles. The monoisotopic (exact) mass is 752 g/mol. The van der Waals surface area contributed by atoms with Gasteiger partial charge >= 0.3 is 7.82 Å². The van der Waals surface area contributed by atoms with E-state index in [2.05, 4.69) is 67.8 Å². The highest BCUT2D eigenvalue weighted by Crippen LogP contribution is 2.43. The number of hydrogen-bond donors (Lipinski definition) is 3. The lowest BCUT2D eigenvalue weighted by molar-refractivity contribution is -0.870. The number of quaternary nitrogens is 1. The predicted molar refractivity (Wildman–Crippen MR) is 221 cm³/mol. The minimum atomic E-state index is -4.35. The maximum absolute atomic E-state index is 12.8. The van der Waals surface area contributed by atoms with Crippen LogP contribution in [0.3, 0.4) is 0 Å². The molecular formula is C43H80N2O6P+. The van der Waals surface area contributed by atoms with Crippen molar-refractivity contribution in [2.45, 2.75) is 167 Å². The number of hydrogen-bond acceptors (Lipinski definition) is 5. The summed E-state index contributed by atoms with van der Waals surface area (Å²) in [6.07, 6.45) is 44.3. The van der Waals surface area contributed by atoms with Gasteiger partial charge in [-0.25, -0.2) is 4.57 Å². The summed E-state index contributed by atoms with van der Waals surface area (Å²) in [7, 11) is 1.52. The van der Waals surface area contributed by atoms with Crippen LogP contribution in [0.25, 0.3) is 0 Å². The van der Waals surface area contributed by atoms with Gasteiger partial charge in [0.25, 0.3) is 0 Å². The first kappa shape index (κ1) is 50.2. The zero-order chi connectivity index (χ0) is 38.6. The minimum Gasteiger partial charge on any atom is -0.387 e. The van der Waals surface area contributed by atoms with Gasteiger partial charge in [-0.2, -0.15) is 0 Å². The van der Waals surface area contributed by atoms with Gasteiger partial charge in [-0.15, -0.1) is 0 Å². The van der Waals surface area contributed by atoms with Gasteiger partial charge in [-0.1, -0.05) is 132 Å². The number of rotatable bonds is 36. The second kappa shape index (κ2) is 34.9. The number of allylic oxidation sites excluding steroid dienone is 9. The predicted octanol–water partition coefficient (Wildman–Crippen LogP) is 11.1. The quantitative estimate of drug-likeness (QED) is 0.0255. The van der Waals surface area contributed by atoms with E-state index in [1.54, 1.807) is 6.08 Å². The number of likely N-dealkylation sites (N-methyl/N-ethyl adjacent to an activating group) is 1. The lowest BCUT2D eigenvalue weighted by atomic mass is 10.1. The second-order valence-electron chi connectivity index (χ2n) is 15.0. The van der Waals surface area contributed by atoms with Gasteiger partial charge in [0.15, 0.2) is 0 Å². The first-order chi connectivity index (χ1) is 25.0. The number of nitrogens with one attached hydrogen (secondary N) is 1. The highest BCUT2D eigenvalue weighted by Gasteiger charge is 2.27. The van der Waals surface area contributed by atoms with Crippen LogP contribution in [-0.2, 0) is 18.4 Å². The summed E-state index contributed by atoms with van der Waals surface area (Å²) in [5, 5.41) is 13.7. The van der Waals surface area contributed by atoms with Crippen LogP contribution in [0.2, 0.25) is 0 Å². The van der Waals surface area contributed by atoms with E-state index < -0.39 is 20.0 Å². The van der Waals surface area contributed by atoms with Gasteiger partial charge in [-0.3, -0.25) is 13.8 Å². The topological polar surface area (TPSA) is 105 Å². The molecule has 302 valence electrons. The third-order valence-corrected chi connectivity index (χ3v) is 9.67. The SMILES string of the molecule is CCCCCC/C=C\C/C=C\CCCCCCCC(=O)NC(COP(=O)(O)OCC[N+](C)(C)C)C(O)/C=C/CC/C=C/CC/C=C/CCCCCC. The van der Waals surface area contributed by atoms with Crippen LogP contribution in [0.4, 0.5) is 0 Å². The number of phosphoric acid groups is 1. The van der Waals surface area contributed by atoms with Gasteiger partial charge in [0, 0.05) is 6.42 Å². The first-order valence-electron chi connectivity index (χ1n) is 20.7. The molecule has 8 nitrogen and oxygen atoms in total. The first-order valence-corrected chi connectivity index (χ1v) is 22.2. The van der Waals surface area contributed by atoms with E-state index in [-0.39, 0.29) is 19.1 Å². The second-order valence-corrected chi connectivity index (χ2v) is 16.4. The van der Waals surface area contributed by atoms with E-state index in [1.165, 1.54) is 64.2 Å². The molecule has 0 radical (unpaired) electrons. The van der Waals surface area contributed by atoms with Crippen molar-refractivity contribution < 1.29 is 32.9 Å². The van der Waals surface area contributed by atoms with Crippen molar-refractivity contribution in [3.63, 3.8) is 0 Å². The summed E-state index contributed by atoms with van der Waals surface area (Å²) in [6, 6.07) is -0.877. The number of aliphatic hydroxyl groups excluding tert-OH is 1. The fourth-order valence-corrected chi connectivity index (χ4v) is 6.07. The van der Waals surface area contributed by atoms with Crippen molar-refractivity contribution in [1.82, 2.24) is 5.32 Å². The molecule has 0 aromatic heterocycles. The Hall–Kier alpha value is -1.80. The summed E-state index contributed by atoms with van der Waals surface area (Å²) >= 11 is 0. The molecule has 3 unspecified atom stereocenters. The molecule has 0 aliphatic carbocycles. The Morgan fingerprint density at radius 2 is 1.12 bits per heavy atom. The standard InChI is InChI=1S/C43H79N2O6P/c1-6-8-10-12-14-16-18-20-22-23-25-27-29-31-33-35-37-43(47)44-41(40-51-52(48,49)50-39-38-45(3,4)5)42(46)36-34-32-30-28-26-24-21-19-17-15-13-11-9-7-2/h16-19,22-23,26,28,34,36,41-42,46H,6-15,20-21,24-25,27,29-33,35,37-40H2,1-5H3,(H-,44,47,48,49)/p+1/b18-16-,19-17+,23-22-,28-26+,36-34+. The van der Waals surface area contributed by atoms with Crippen LogP contribution >= 0.6 is 7.82 Å². The van der Waals surface area contributed by atoms with Crippen LogP contribution in [-0.4, -0.2) is 73.4 Å². The van der Waals surface area contributed by atoms with Crippen molar-refractivity contribution in [1.29, 1.82) is 0 Å². The number of unbranched alkanes of at least 4 members (excludes halogenated alkanes) is 15. The summed E-state index contributed by atoms with van der Waals surface area (Å²) in [4.78, 5) is 23.0. The third-order valence-electron chi connectivity index (χ3n) is 8.69. The lowest BCUT2D eigenvalue weighted by Crippen LogP contribution is -2.45. The molecule has 0 aliphatic rings. The van der Waals surface area contributed by atoms with Crippen molar-refractivity contribution in [2.75, 3.05) is 40.9 Å². The number of amides is 1. The summed E-state index contributed by atoms with van der Waals surface area (Å²) in [5.41, 5.74) is 0. The normalized spacial score (nSPS) is 15.1. The van der Waals surface area contributed by atoms with E-state index >= 15 is 0 Å². The lowest BCUT2D eigenvalue weighted by Gasteiger charge is -2.25. The smallest absolute Gasteiger partial charge is 0.387 e. The largest absolute Gasteiger partial charge is 0.472 e. The molecule has 0 bridgehead atoms. The van der Waals surface area contributed by atoms with Crippen LogP contribution < -0.4 is 5.32 Å². The molecule has 0 aromatic rings. The number of phosphoric ester groups is 1. The fraction of sp³-hybridized carbons (Fsp3) is 0.744. The molecular weight excluding hydrogens is 671 g/mol. The zero-order valence-corrected chi connectivity index (χ0v) is 34.9. The Bertz CT molecular complexity index is 1030. The number of nitrogens with zero attached hydrogens (tertiary/aromatic N) is 1. The number of carbonyl (C=O) groups excluding carboxylic acids is 1. The highest BCUT2D eigenvalue weighted by atomic mass is 31.2. The molecule has 0 saturated carbocycles. The van der Waals surface area contributed by atoms with Crippen molar-refractivity contribution >= 4 is 13.7 Å². The molecule has 0 aliphatic heterocycles. The van der Waals surface area contributed by atoms with Gasteiger partial charge in [0.1, 0.15) is 13.2 Å². The highest BCUT2D eigenvalue weighted by molar-refractivity contribution is 7.47. The van der Waals surface area contributed by atoms with Crippen LogP contribution in [0, 0.1) is 0 Å². The van der Waals surface area contributed by atoms with Gasteiger partial charge in [0.2, 0.25) is 5.91 Å². The number of aliphatic hydroxyl groups is 1. The molecule has 3 N–H and O–H groups in total. The molecule has 0 rings (SSSR count). The minimum absolute atomic E-state index is 0.0481. The van der Waals surface area contributed by atoms with Crippen LogP contribution in [0.15, 0.2) is 60.8 Å². The molecule has 0 aromatic carbocycles. The van der Waals surface area contributed by atoms with Crippen molar-refractivity contribution in [3.8, 4) is 0 Å². The molecule has 52 heavy (non-hydrogen) atoms. The molecule has 0 saturated heterocycles. The fourth-order valence-electron chi connectivity index (χ4n) is 5.34. The zero-order valence-electron chi connectivity index (χ0n) is 34.0. The molecule has 0 fully saturated rings. The Labute approximate surface area is 320 Å². The number of carbonyl (C=O) groups is 1. The Morgan fingerprint density at radius 3 is 1.65 bits per heavy atom. The molecule has 1 amide bonds. The Kier molecular flexibility index (Phi) is 33.7. The van der Waals surface area contributed by atoms with Gasteiger partial charge in [-0.05, 0) is 77.0 Å². The maximum Gasteiger partial charge on any atom is 0.472 e. The van der Waals surface area contributed by atoms with E-state index in [9.17, 15) is 19.4 Å². The Morgan fingerprint density at radius 1 is 0.654 bits per heavy atom. The Balaban J connectivity index is 4.60. The molecule has 0 spiro atoms.